The molecule has 5 heteroatoms. The summed E-state index contributed by atoms with van der Waals surface area (Å²) in [6.07, 6.45) is 1.68. The summed E-state index contributed by atoms with van der Waals surface area (Å²) in [5.41, 5.74) is 8.37. The fraction of sp³-hybridized carbons (Fsp3) is 0.200. The smallest absolute Gasteiger partial charge is 0.123 e. The van der Waals surface area contributed by atoms with E-state index >= 15 is 0 Å². The van der Waals surface area contributed by atoms with Gasteiger partial charge in [-0.2, -0.15) is 0 Å². The summed E-state index contributed by atoms with van der Waals surface area (Å²) < 4.78 is 12.9. The quantitative estimate of drug-likeness (QED) is 0.859. The van der Waals surface area contributed by atoms with E-state index in [4.69, 9.17) is 18.0 Å². The van der Waals surface area contributed by atoms with Crippen LogP contribution >= 0.6 is 12.2 Å². The van der Waals surface area contributed by atoms with E-state index in [0.717, 1.165) is 11.1 Å². The summed E-state index contributed by atoms with van der Waals surface area (Å²) in [4.78, 5) is 6.61. The third kappa shape index (κ3) is 3.82. The highest BCUT2D eigenvalue weighted by Crippen LogP contribution is 2.11. The summed E-state index contributed by atoms with van der Waals surface area (Å²) in [6.45, 7) is 1.39. The first kappa shape index (κ1) is 14.6. The van der Waals surface area contributed by atoms with Crippen molar-refractivity contribution < 1.29 is 4.39 Å². The van der Waals surface area contributed by atoms with Crippen molar-refractivity contribution in [1.82, 2.24) is 9.88 Å². The zero-order chi connectivity index (χ0) is 14.5. The largest absolute Gasteiger partial charge is 0.388 e. The van der Waals surface area contributed by atoms with Crippen LogP contribution in [0.1, 0.15) is 16.8 Å². The van der Waals surface area contributed by atoms with Crippen molar-refractivity contribution in [2.75, 3.05) is 7.05 Å². The highest BCUT2D eigenvalue weighted by Gasteiger charge is 2.09. The van der Waals surface area contributed by atoms with Crippen LogP contribution < -0.4 is 5.73 Å². The molecule has 0 radical (unpaired) electrons. The molecule has 1 heterocycles. The lowest BCUT2D eigenvalue weighted by Crippen LogP contribution is -2.21. The molecule has 0 unspecified atom stereocenters. The van der Waals surface area contributed by atoms with Gasteiger partial charge >= 0.3 is 0 Å². The Labute approximate surface area is 123 Å². The molecule has 2 aromatic rings. The van der Waals surface area contributed by atoms with Gasteiger partial charge in [0.2, 0.25) is 0 Å². The number of nitrogens with two attached hydrogens (primary N) is 1. The Balaban J connectivity index is 2.06. The van der Waals surface area contributed by atoms with Crippen LogP contribution in [0.5, 0.6) is 0 Å². The Morgan fingerprint density at radius 2 is 1.95 bits per heavy atom. The van der Waals surface area contributed by atoms with Gasteiger partial charge in [-0.25, -0.2) is 4.39 Å². The van der Waals surface area contributed by atoms with Crippen LogP contribution in [0.4, 0.5) is 4.39 Å². The first-order valence-corrected chi connectivity index (χ1v) is 6.64. The summed E-state index contributed by atoms with van der Waals surface area (Å²) in [7, 11) is 1.99. The van der Waals surface area contributed by atoms with Crippen LogP contribution in [0.2, 0.25) is 0 Å². The molecule has 0 amide bonds. The number of aromatic nitrogens is 1. The van der Waals surface area contributed by atoms with Gasteiger partial charge in [-0.3, -0.25) is 9.88 Å². The van der Waals surface area contributed by atoms with Gasteiger partial charge < -0.3 is 5.73 Å². The number of benzene rings is 1. The molecule has 0 saturated heterocycles. The molecule has 104 valence electrons. The number of nitrogens with zero attached hydrogens (tertiary/aromatic N) is 2. The molecule has 3 nitrogen and oxygen atoms in total. The Bertz CT molecular complexity index is 598. The van der Waals surface area contributed by atoms with Crippen LogP contribution in [-0.4, -0.2) is 21.9 Å². The predicted octanol–water partition coefficient (Wildman–Crippen LogP) is 2.49. The van der Waals surface area contributed by atoms with Crippen molar-refractivity contribution in [2.24, 2.45) is 5.73 Å². The summed E-state index contributed by atoms with van der Waals surface area (Å²) in [5, 5.41) is 0. The number of hydrogen-bond donors (Lipinski definition) is 1. The fourth-order valence-corrected chi connectivity index (χ4v) is 2.22. The van der Waals surface area contributed by atoms with E-state index in [2.05, 4.69) is 9.88 Å². The lowest BCUT2D eigenvalue weighted by Gasteiger charge is -2.18. The molecule has 0 aliphatic carbocycles. The minimum absolute atomic E-state index is 0.223. The van der Waals surface area contributed by atoms with Gasteiger partial charge in [-0.1, -0.05) is 30.4 Å². The number of pyridine rings is 1. The maximum absolute atomic E-state index is 12.9. The van der Waals surface area contributed by atoms with E-state index in [1.165, 1.54) is 12.1 Å². The molecule has 1 aromatic heterocycles. The third-order valence-electron chi connectivity index (χ3n) is 2.93. The van der Waals surface area contributed by atoms with E-state index in [9.17, 15) is 4.39 Å². The van der Waals surface area contributed by atoms with Gasteiger partial charge in [0, 0.05) is 19.3 Å². The monoisotopic (exact) mass is 289 g/mol. The Kier molecular flexibility index (Phi) is 4.76. The van der Waals surface area contributed by atoms with Crippen LogP contribution in [0.25, 0.3) is 0 Å². The molecule has 1 aromatic carbocycles. The van der Waals surface area contributed by atoms with Crippen LogP contribution in [0.15, 0.2) is 42.6 Å². The molecule has 0 aliphatic heterocycles. The van der Waals surface area contributed by atoms with Gasteiger partial charge in [0.15, 0.2) is 0 Å². The topological polar surface area (TPSA) is 42.2 Å². The molecular weight excluding hydrogens is 273 g/mol. The van der Waals surface area contributed by atoms with E-state index < -0.39 is 0 Å². The minimum atomic E-state index is -0.223. The van der Waals surface area contributed by atoms with Crippen molar-refractivity contribution in [2.45, 2.75) is 13.1 Å². The number of rotatable bonds is 5. The van der Waals surface area contributed by atoms with Gasteiger partial charge in [0.25, 0.3) is 0 Å². The van der Waals surface area contributed by atoms with E-state index in [0.29, 0.717) is 23.8 Å². The molecule has 2 rings (SSSR count). The molecule has 20 heavy (non-hydrogen) atoms. The fourth-order valence-electron chi connectivity index (χ4n) is 2.04. The van der Waals surface area contributed by atoms with E-state index in [-0.39, 0.29) is 5.82 Å². The number of thiocarbonyl (C=S) groups is 1. The van der Waals surface area contributed by atoms with Crippen molar-refractivity contribution in [3.05, 3.63) is 65.2 Å². The van der Waals surface area contributed by atoms with E-state index in [1.54, 1.807) is 18.3 Å². The summed E-state index contributed by atoms with van der Waals surface area (Å²) in [6, 6.07) is 10.3. The SMILES string of the molecule is CN(Cc1ccc(F)cc1)Cc1cccnc1C(N)=S. The predicted molar refractivity (Wildman–Crippen MR) is 81.7 cm³/mol. The Morgan fingerprint density at radius 1 is 1.25 bits per heavy atom. The van der Waals surface area contributed by atoms with Crippen molar-refractivity contribution in [3.8, 4) is 0 Å². The lowest BCUT2D eigenvalue weighted by molar-refractivity contribution is 0.318. The second kappa shape index (κ2) is 6.54. The van der Waals surface area contributed by atoms with Crippen molar-refractivity contribution in [3.63, 3.8) is 0 Å². The van der Waals surface area contributed by atoms with Crippen molar-refractivity contribution >= 4 is 17.2 Å². The van der Waals surface area contributed by atoms with Crippen LogP contribution in [-0.2, 0) is 13.1 Å². The molecule has 0 aliphatic rings. The van der Waals surface area contributed by atoms with Gasteiger partial charge in [0.1, 0.15) is 16.5 Å². The first-order chi connectivity index (χ1) is 9.56. The van der Waals surface area contributed by atoms with Gasteiger partial charge in [-0.05, 0) is 36.4 Å². The normalized spacial score (nSPS) is 10.8. The molecule has 0 bridgehead atoms. The highest BCUT2D eigenvalue weighted by atomic mass is 32.1. The summed E-state index contributed by atoms with van der Waals surface area (Å²) in [5.74, 6) is -0.223. The number of halogens is 1. The molecular formula is C15H16FN3S. The standard InChI is InChI=1S/C15H16FN3S/c1-19(9-11-4-6-13(16)7-5-11)10-12-3-2-8-18-14(12)15(17)20/h2-8H,9-10H2,1H3,(H2,17,20). The second-order valence-electron chi connectivity index (χ2n) is 4.67. The molecule has 2 N–H and O–H groups in total. The van der Waals surface area contributed by atoms with E-state index in [1.807, 2.05) is 19.2 Å². The Hall–Kier alpha value is -1.85. The zero-order valence-corrected chi connectivity index (χ0v) is 12.0. The van der Waals surface area contributed by atoms with Gasteiger partial charge in [0.05, 0.1) is 0 Å². The maximum Gasteiger partial charge on any atom is 0.123 e. The Morgan fingerprint density at radius 3 is 2.60 bits per heavy atom. The average Bonchev–Trinajstić information content (AvgIpc) is 2.41. The van der Waals surface area contributed by atoms with Crippen LogP contribution in [0, 0.1) is 5.82 Å². The number of hydrogen-bond acceptors (Lipinski definition) is 3. The van der Waals surface area contributed by atoms with Gasteiger partial charge in [-0.15, -0.1) is 0 Å². The molecule has 0 fully saturated rings. The van der Waals surface area contributed by atoms with Crippen molar-refractivity contribution in [1.29, 1.82) is 0 Å². The third-order valence-corrected chi connectivity index (χ3v) is 3.12. The summed E-state index contributed by atoms with van der Waals surface area (Å²) >= 11 is 5.00. The first-order valence-electron chi connectivity index (χ1n) is 6.23. The molecule has 0 atom stereocenters. The zero-order valence-electron chi connectivity index (χ0n) is 11.2. The van der Waals surface area contributed by atoms with Crippen LogP contribution in [0.3, 0.4) is 0 Å². The second-order valence-corrected chi connectivity index (χ2v) is 5.11. The minimum Gasteiger partial charge on any atom is -0.388 e. The highest BCUT2D eigenvalue weighted by molar-refractivity contribution is 7.80. The maximum atomic E-state index is 12.9. The molecule has 0 spiro atoms. The average molecular weight is 289 g/mol. The molecule has 0 saturated carbocycles. The lowest BCUT2D eigenvalue weighted by atomic mass is 10.1.